The van der Waals surface area contributed by atoms with Gasteiger partial charge in [0.25, 0.3) is 0 Å². The molecule has 0 spiro atoms. The van der Waals surface area contributed by atoms with Crippen molar-refractivity contribution >= 4 is 17.4 Å². The smallest absolute Gasteiger partial charge is 0.441 e. The van der Waals surface area contributed by atoms with E-state index in [9.17, 15) is 18.0 Å². The van der Waals surface area contributed by atoms with E-state index >= 15 is 0 Å². The molecule has 106 valence electrons. The molecule has 1 aromatic rings. The van der Waals surface area contributed by atoms with Crippen molar-refractivity contribution in [3.05, 3.63) is 24.3 Å². The lowest BCUT2D eigenvalue weighted by Crippen LogP contribution is -2.21. The molecule has 0 fully saturated rings. The Hall–Kier alpha value is -2.49. The number of halogens is 3. The molecule has 0 unspecified atom stereocenters. The summed E-state index contributed by atoms with van der Waals surface area (Å²) in [7, 11) is 2.45. The van der Waals surface area contributed by atoms with E-state index in [1.165, 1.54) is 31.4 Å². The van der Waals surface area contributed by atoms with Crippen molar-refractivity contribution in [3.8, 4) is 17.6 Å². The summed E-state index contributed by atoms with van der Waals surface area (Å²) in [6.07, 6.45) is -4.76. The molecule has 0 aliphatic heterocycles. The minimum absolute atomic E-state index is 0.0392. The number of hydrogen-bond acceptors (Lipinski definition) is 4. The monoisotopic (exact) mass is 285 g/mol. The van der Waals surface area contributed by atoms with Gasteiger partial charge in [0.15, 0.2) is 5.71 Å². The SMILES string of the molecule is COC(=O)C#C/C(=N/c1ccc(OC)cc1)C(F)(F)F. The molecule has 0 aromatic heterocycles. The summed E-state index contributed by atoms with van der Waals surface area (Å²) in [5.74, 6) is 2.76. The Kier molecular flexibility index (Phi) is 5.15. The lowest BCUT2D eigenvalue weighted by Gasteiger charge is -2.05. The maximum atomic E-state index is 12.7. The zero-order valence-corrected chi connectivity index (χ0v) is 10.6. The number of hydrogen-bond donors (Lipinski definition) is 0. The van der Waals surface area contributed by atoms with E-state index in [0.717, 1.165) is 7.11 Å². The highest BCUT2D eigenvalue weighted by atomic mass is 19.4. The topological polar surface area (TPSA) is 47.9 Å². The Balaban J connectivity index is 3.11. The third-order valence-corrected chi connectivity index (χ3v) is 2.05. The largest absolute Gasteiger partial charge is 0.497 e. The zero-order valence-electron chi connectivity index (χ0n) is 10.6. The molecular formula is C13H10F3NO3. The molecule has 1 aromatic carbocycles. The van der Waals surface area contributed by atoms with Gasteiger partial charge in [-0.3, -0.25) is 0 Å². The average molecular weight is 285 g/mol. The van der Waals surface area contributed by atoms with E-state index < -0.39 is 17.9 Å². The van der Waals surface area contributed by atoms with Crippen LogP contribution in [0.3, 0.4) is 0 Å². The number of benzene rings is 1. The van der Waals surface area contributed by atoms with Gasteiger partial charge in [-0.05, 0) is 30.2 Å². The van der Waals surface area contributed by atoms with Crippen molar-refractivity contribution in [1.82, 2.24) is 0 Å². The lowest BCUT2D eigenvalue weighted by molar-refractivity contribution is -0.133. The Labute approximate surface area is 113 Å². The second kappa shape index (κ2) is 6.61. The number of methoxy groups -OCH3 is 2. The number of aliphatic imine (C=N–C) groups is 1. The Morgan fingerprint density at radius 3 is 2.20 bits per heavy atom. The molecule has 20 heavy (non-hydrogen) atoms. The number of rotatable bonds is 2. The predicted octanol–water partition coefficient (Wildman–Crippen LogP) is 2.51. The van der Waals surface area contributed by atoms with Crippen molar-refractivity contribution < 1.29 is 27.4 Å². The second-order valence-corrected chi connectivity index (χ2v) is 3.40. The maximum absolute atomic E-state index is 12.7. The van der Waals surface area contributed by atoms with E-state index in [4.69, 9.17) is 4.74 Å². The summed E-state index contributed by atoms with van der Waals surface area (Å²) in [6, 6.07) is 5.59. The van der Waals surface area contributed by atoms with Gasteiger partial charge in [-0.15, -0.1) is 0 Å². The van der Waals surface area contributed by atoms with Crippen LogP contribution in [0, 0.1) is 11.8 Å². The summed E-state index contributed by atoms with van der Waals surface area (Å²) < 4.78 is 47.1. The first kappa shape index (κ1) is 15.6. The standard InChI is InChI=1S/C13H10F3NO3/c1-19-10-5-3-9(4-6-10)17-11(13(14,15)16)7-8-12(18)20-2/h3-6H,1-2H3/b17-11-. The molecule has 0 N–H and O–H groups in total. The van der Waals surface area contributed by atoms with E-state index in [2.05, 4.69) is 9.73 Å². The number of ether oxygens (including phenoxy) is 2. The van der Waals surface area contributed by atoms with Gasteiger partial charge in [-0.2, -0.15) is 13.2 Å². The first-order valence-corrected chi connectivity index (χ1v) is 5.26. The highest BCUT2D eigenvalue weighted by Gasteiger charge is 2.35. The van der Waals surface area contributed by atoms with Gasteiger partial charge < -0.3 is 9.47 Å². The molecule has 0 atom stereocenters. The molecular weight excluding hydrogens is 275 g/mol. The Morgan fingerprint density at radius 1 is 1.15 bits per heavy atom. The maximum Gasteiger partial charge on any atom is 0.441 e. The molecule has 0 aliphatic rings. The van der Waals surface area contributed by atoms with Crippen molar-refractivity contribution in [2.24, 2.45) is 4.99 Å². The number of carbonyl (C=O) groups is 1. The van der Waals surface area contributed by atoms with Crippen molar-refractivity contribution in [1.29, 1.82) is 0 Å². The van der Waals surface area contributed by atoms with Gasteiger partial charge in [0, 0.05) is 5.92 Å². The highest BCUT2D eigenvalue weighted by molar-refractivity contribution is 6.09. The van der Waals surface area contributed by atoms with Gasteiger partial charge in [-0.1, -0.05) is 0 Å². The molecule has 0 saturated heterocycles. The molecule has 4 nitrogen and oxygen atoms in total. The van der Waals surface area contributed by atoms with Crippen molar-refractivity contribution in [2.45, 2.75) is 6.18 Å². The van der Waals surface area contributed by atoms with Crippen LogP contribution in [0.25, 0.3) is 0 Å². The summed E-state index contributed by atoms with van der Waals surface area (Å²) in [5.41, 5.74) is -1.34. The number of carbonyl (C=O) groups excluding carboxylic acids is 1. The Morgan fingerprint density at radius 2 is 1.75 bits per heavy atom. The van der Waals surface area contributed by atoms with E-state index in [1.54, 1.807) is 11.8 Å². The van der Waals surface area contributed by atoms with Gasteiger partial charge in [0.2, 0.25) is 0 Å². The van der Waals surface area contributed by atoms with Crippen molar-refractivity contribution in [2.75, 3.05) is 14.2 Å². The molecule has 7 heteroatoms. The average Bonchev–Trinajstić information content (AvgIpc) is 2.42. The highest BCUT2D eigenvalue weighted by Crippen LogP contribution is 2.23. The Bertz CT molecular complexity index is 565. The third-order valence-electron chi connectivity index (χ3n) is 2.05. The van der Waals surface area contributed by atoms with Crippen LogP contribution in [-0.4, -0.2) is 32.1 Å². The first-order chi connectivity index (χ1) is 9.36. The van der Waals surface area contributed by atoms with Crippen LogP contribution in [0.4, 0.5) is 18.9 Å². The number of esters is 1. The summed E-state index contributed by atoms with van der Waals surface area (Å²) in [6.45, 7) is 0. The second-order valence-electron chi connectivity index (χ2n) is 3.40. The van der Waals surface area contributed by atoms with E-state index in [-0.39, 0.29) is 5.69 Å². The quantitative estimate of drug-likeness (QED) is 0.363. The molecule has 0 heterocycles. The molecule has 0 aliphatic carbocycles. The van der Waals surface area contributed by atoms with Crippen molar-refractivity contribution in [3.63, 3.8) is 0 Å². The fraction of sp³-hybridized carbons (Fsp3) is 0.231. The minimum Gasteiger partial charge on any atom is -0.497 e. The van der Waals surface area contributed by atoms with Crippen LogP contribution in [0.2, 0.25) is 0 Å². The van der Waals surface area contributed by atoms with Crippen LogP contribution in [0.5, 0.6) is 5.75 Å². The van der Waals surface area contributed by atoms with Gasteiger partial charge in [-0.25, -0.2) is 9.79 Å². The van der Waals surface area contributed by atoms with Crippen LogP contribution >= 0.6 is 0 Å². The zero-order chi connectivity index (χ0) is 15.2. The van der Waals surface area contributed by atoms with Gasteiger partial charge in [0.1, 0.15) is 5.75 Å². The molecule has 1 rings (SSSR count). The fourth-order valence-electron chi connectivity index (χ4n) is 1.11. The minimum atomic E-state index is -4.76. The van der Waals surface area contributed by atoms with Gasteiger partial charge >= 0.3 is 12.1 Å². The summed E-state index contributed by atoms with van der Waals surface area (Å²) >= 11 is 0. The lowest BCUT2D eigenvalue weighted by atomic mass is 10.3. The van der Waals surface area contributed by atoms with E-state index in [1.807, 2.05) is 0 Å². The molecule has 0 amide bonds. The molecule has 0 bridgehead atoms. The van der Waals surface area contributed by atoms with Crippen LogP contribution < -0.4 is 4.74 Å². The van der Waals surface area contributed by atoms with E-state index in [0.29, 0.717) is 5.75 Å². The van der Waals surface area contributed by atoms with Crippen LogP contribution in [0.1, 0.15) is 0 Å². The van der Waals surface area contributed by atoms with Gasteiger partial charge in [0.05, 0.1) is 19.9 Å². The third kappa shape index (κ3) is 4.65. The molecule has 0 radical (unpaired) electrons. The number of nitrogens with zero attached hydrogens (tertiary/aromatic N) is 1. The van der Waals surface area contributed by atoms with Crippen LogP contribution in [-0.2, 0) is 9.53 Å². The van der Waals surface area contributed by atoms with Crippen LogP contribution in [0.15, 0.2) is 29.3 Å². The molecule has 0 saturated carbocycles. The predicted molar refractivity (Wildman–Crippen MR) is 65.9 cm³/mol. The number of alkyl halides is 3. The normalized spacial score (nSPS) is 11.3. The summed E-state index contributed by atoms with van der Waals surface area (Å²) in [4.78, 5) is 14.1. The summed E-state index contributed by atoms with van der Waals surface area (Å²) in [5, 5.41) is 0. The first-order valence-electron chi connectivity index (χ1n) is 5.26. The fourth-order valence-corrected chi connectivity index (χ4v) is 1.11.